The Hall–Kier alpha value is -3.71. The number of primary amides is 1. The lowest BCUT2D eigenvalue weighted by Crippen LogP contribution is -2.53. The van der Waals surface area contributed by atoms with Crippen LogP contribution in [0.2, 0.25) is 0 Å². The van der Waals surface area contributed by atoms with E-state index in [0.29, 0.717) is 6.04 Å². The smallest absolute Gasteiger partial charge is 0.218 e. The van der Waals surface area contributed by atoms with E-state index in [-0.39, 0.29) is 24.2 Å². The quantitative estimate of drug-likeness (QED) is 0.353. The average Bonchev–Trinajstić information content (AvgIpc) is 3.30. The maximum absolute atomic E-state index is 13.5. The largest absolute Gasteiger partial charge is 0.370 e. The van der Waals surface area contributed by atoms with Gasteiger partial charge in [0.1, 0.15) is 5.82 Å². The van der Waals surface area contributed by atoms with E-state index < -0.39 is 5.91 Å². The molecule has 7 heteroatoms. The van der Waals surface area contributed by atoms with Gasteiger partial charge in [-0.1, -0.05) is 48.5 Å². The summed E-state index contributed by atoms with van der Waals surface area (Å²) >= 11 is 0. The van der Waals surface area contributed by atoms with E-state index in [9.17, 15) is 9.18 Å². The van der Waals surface area contributed by atoms with Crippen molar-refractivity contribution in [2.75, 3.05) is 25.0 Å². The minimum atomic E-state index is -0.392. The summed E-state index contributed by atoms with van der Waals surface area (Å²) < 4.78 is 13.5. The molecule has 1 aliphatic carbocycles. The van der Waals surface area contributed by atoms with Crippen molar-refractivity contribution in [1.82, 2.24) is 10.2 Å². The van der Waals surface area contributed by atoms with E-state index in [0.717, 1.165) is 55.2 Å². The molecule has 3 aromatic rings. The number of nitrogens with one attached hydrogen (secondary N) is 2. The highest BCUT2D eigenvalue weighted by Crippen LogP contribution is 2.29. The number of halogens is 1. The number of benzene rings is 3. The highest BCUT2D eigenvalue weighted by molar-refractivity contribution is 5.94. The fraction of sp³-hybridized carbons (Fsp3) is 0.333. The minimum Gasteiger partial charge on any atom is -0.370 e. The normalized spacial score (nSPS) is 18.9. The fourth-order valence-corrected chi connectivity index (χ4v) is 5.37. The van der Waals surface area contributed by atoms with Gasteiger partial charge in [0.25, 0.3) is 0 Å². The molecule has 5 rings (SSSR count). The third-order valence-corrected chi connectivity index (χ3v) is 7.25. The molecule has 2 atom stereocenters. The van der Waals surface area contributed by atoms with Crippen LogP contribution in [0.1, 0.15) is 41.5 Å². The number of hydrogen-bond donors (Lipinski definition) is 3. The first-order valence-electron chi connectivity index (χ1n) is 13.0. The van der Waals surface area contributed by atoms with Crippen LogP contribution < -0.4 is 16.4 Å². The fourth-order valence-electron chi connectivity index (χ4n) is 5.37. The molecule has 0 aromatic heterocycles. The van der Waals surface area contributed by atoms with Crippen LogP contribution in [-0.4, -0.2) is 48.5 Å². The molecule has 3 aromatic carbocycles. The van der Waals surface area contributed by atoms with Crippen molar-refractivity contribution in [3.63, 3.8) is 0 Å². The number of guanidine groups is 1. The summed E-state index contributed by atoms with van der Waals surface area (Å²) in [5.41, 5.74) is 11.1. The van der Waals surface area contributed by atoms with Crippen molar-refractivity contribution >= 4 is 17.6 Å². The predicted octanol–water partition coefficient (Wildman–Crippen LogP) is 4.06. The van der Waals surface area contributed by atoms with Crippen molar-refractivity contribution in [1.29, 1.82) is 0 Å². The maximum atomic E-state index is 13.5. The van der Waals surface area contributed by atoms with E-state index >= 15 is 0 Å². The van der Waals surface area contributed by atoms with Crippen LogP contribution in [0.3, 0.4) is 0 Å². The van der Waals surface area contributed by atoms with Gasteiger partial charge in [0.15, 0.2) is 5.96 Å². The van der Waals surface area contributed by atoms with Crippen LogP contribution in [0.4, 0.5) is 10.1 Å². The third-order valence-electron chi connectivity index (χ3n) is 7.25. The number of amides is 1. The molecular formula is C30H34FN5O. The topological polar surface area (TPSA) is 82.8 Å². The number of fused-ring (bicyclic) bond motifs is 1. The Labute approximate surface area is 217 Å². The summed E-state index contributed by atoms with van der Waals surface area (Å²) in [4.78, 5) is 19.3. The zero-order valence-corrected chi connectivity index (χ0v) is 21.2. The summed E-state index contributed by atoms with van der Waals surface area (Å²) in [5.74, 6) is -0.0331. The second kappa shape index (κ2) is 11.1. The molecule has 1 saturated heterocycles. The van der Waals surface area contributed by atoms with Gasteiger partial charge in [0.05, 0.1) is 6.04 Å². The Kier molecular flexibility index (Phi) is 7.51. The molecular weight excluding hydrogens is 465 g/mol. The van der Waals surface area contributed by atoms with Gasteiger partial charge >= 0.3 is 0 Å². The van der Waals surface area contributed by atoms with E-state index in [4.69, 9.17) is 10.7 Å². The van der Waals surface area contributed by atoms with E-state index in [2.05, 4.69) is 46.7 Å². The number of anilines is 1. The number of carbonyl (C=O) groups is 1. The number of rotatable bonds is 6. The number of nitrogens with two attached hydrogens (primary N) is 1. The van der Waals surface area contributed by atoms with Gasteiger partial charge in [0, 0.05) is 43.7 Å². The second-order valence-electron chi connectivity index (χ2n) is 10.1. The monoisotopic (exact) mass is 499 g/mol. The number of nitrogens with zero attached hydrogens (tertiary/aromatic N) is 2. The molecule has 2 aliphatic rings. The number of hydrogen-bond acceptors (Lipinski definition) is 3. The van der Waals surface area contributed by atoms with Gasteiger partial charge in [0.2, 0.25) is 5.91 Å². The van der Waals surface area contributed by atoms with Gasteiger partial charge in [-0.05, 0) is 66.3 Å². The van der Waals surface area contributed by atoms with Crippen molar-refractivity contribution < 1.29 is 9.18 Å². The molecule has 37 heavy (non-hydrogen) atoms. The third kappa shape index (κ3) is 6.17. The van der Waals surface area contributed by atoms with Crippen molar-refractivity contribution in [3.05, 3.63) is 101 Å². The zero-order chi connectivity index (χ0) is 25.8. The highest BCUT2D eigenvalue weighted by atomic mass is 19.1. The Morgan fingerprint density at radius 3 is 2.27 bits per heavy atom. The van der Waals surface area contributed by atoms with Gasteiger partial charge in [-0.25, -0.2) is 9.38 Å². The van der Waals surface area contributed by atoms with Crippen molar-refractivity contribution in [2.45, 2.75) is 44.2 Å². The molecule has 0 saturated carbocycles. The standard InChI is InChI=1S/C30H34FN5O/c1-20-19-36(15-14-33-20)30(35-27-16-23-4-2-3-5-24(23)17-27)34-26-12-8-22(9-13-26)28(18-29(32)37)21-6-10-25(31)11-7-21/h2-13,20,27-28,33H,14-19H2,1H3,(H2,32,37)(H,34,35)/t20-,28?/m0/s1. The molecule has 1 fully saturated rings. The van der Waals surface area contributed by atoms with Crippen LogP contribution >= 0.6 is 0 Å². The summed E-state index contributed by atoms with van der Waals surface area (Å²) in [6.45, 7) is 4.88. The van der Waals surface area contributed by atoms with Crippen LogP contribution in [0.5, 0.6) is 0 Å². The zero-order valence-electron chi connectivity index (χ0n) is 21.2. The average molecular weight is 500 g/mol. The lowest BCUT2D eigenvalue weighted by Gasteiger charge is -2.35. The molecule has 0 spiro atoms. The number of aliphatic imine (C=N–C) groups is 1. The SMILES string of the molecule is C[C@H]1CN(C(=NC2Cc3ccccc3C2)Nc2ccc(C(CC(N)=O)c3ccc(F)cc3)cc2)CCN1. The van der Waals surface area contributed by atoms with E-state index in [1.54, 1.807) is 12.1 Å². The summed E-state index contributed by atoms with van der Waals surface area (Å²) in [7, 11) is 0. The molecule has 192 valence electrons. The van der Waals surface area contributed by atoms with Gasteiger partial charge < -0.3 is 21.3 Å². The Morgan fingerprint density at radius 2 is 1.68 bits per heavy atom. The van der Waals surface area contributed by atoms with Crippen LogP contribution in [-0.2, 0) is 17.6 Å². The Bertz CT molecular complexity index is 1230. The lowest BCUT2D eigenvalue weighted by atomic mass is 9.88. The Morgan fingerprint density at radius 1 is 1.05 bits per heavy atom. The van der Waals surface area contributed by atoms with Crippen molar-refractivity contribution in [3.8, 4) is 0 Å². The second-order valence-corrected chi connectivity index (χ2v) is 10.1. The first-order chi connectivity index (χ1) is 17.9. The first-order valence-corrected chi connectivity index (χ1v) is 13.0. The number of piperazine rings is 1. The summed E-state index contributed by atoms with van der Waals surface area (Å²) in [6, 6.07) is 23.5. The van der Waals surface area contributed by atoms with Gasteiger partial charge in [-0.3, -0.25) is 4.79 Å². The summed E-state index contributed by atoms with van der Waals surface area (Å²) in [5, 5.41) is 7.09. The van der Waals surface area contributed by atoms with Crippen LogP contribution in [0.15, 0.2) is 77.8 Å². The summed E-state index contributed by atoms with van der Waals surface area (Å²) in [6.07, 6.45) is 2.06. The van der Waals surface area contributed by atoms with E-state index in [1.807, 2.05) is 24.3 Å². The molecule has 0 bridgehead atoms. The molecule has 1 heterocycles. The van der Waals surface area contributed by atoms with Gasteiger partial charge in [-0.2, -0.15) is 0 Å². The number of carbonyl (C=O) groups excluding carboxylic acids is 1. The molecule has 6 nitrogen and oxygen atoms in total. The minimum absolute atomic E-state index is 0.159. The van der Waals surface area contributed by atoms with Crippen molar-refractivity contribution in [2.24, 2.45) is 10.7 Å². The van der Waals surface area contributed by atoms with E-state index in [1.165, 1.54) is 23.3 Å². The van der Waals surface area contributed by atoms with Gasteiger partial charge in [-0.15, -0.1) is 0 Å². The molecule has 0 radical (unpaired) electrons. The van der Waals surface area contributed by atoms with Crippen LogP contribution in [0, 0.1) is 5.82 Å². The Balaban J connectivity index is 1.37. The molecule has 1 aliphatic heterocycles. The highest BCUT2D eigenvalue weighted by Gasteiger charge is 2.25. The molecule has 1 unspecified atom stereocenters. The first kappa shape index (κ1) is 25.0. The lowest BCUT2D eigenvalue weighted by molar-refractivity contribution is -0.118. The van der Waals surface area contributed by atoms with Crippen LogP contribution in [0.25, 0.3) is 0 Å². The predicted molar refractivity (Wildman–Crippen MR) is 146 cm³/mol. The molecule has 1 amide bonds. The maximum Gasteiger partial charge on any atom is 0.218 e. The molecule has 4 N–H and O–H groups in total.